The minimum absolute atomic E-state index is 0.806. The average molecular weight is 210 g/mol. The molecule has 0 aromatic heterocycles. The smallest absolute Gasteiger partial charge is 0.00665 e. The lowest BCUT2D eigenvalue weighted by Gasteiger charge is -2.37. The number of hydrogen-bond donors (Lipinski definition) is 1. The Balaban J connectivity index is 1.74. The van der Waals surface area contributed by atoms with Crippen LogP contribution < -0.4 is 5.32 Å². The molecule has 1 N–H and O–H groups in total. The van der Waals surface area contributed by atoms with Crippen LogP contribution in [0.1, 0.15) is 39.0 Å². The molecule has 15 heavy (non-hydrogen) atoms. The molecule has 0 bridgehead atoms. The predicted octanol–water partition coefficient (Wildman–Crippen LogP) is 2.11. The molecule has 0 aliphatic carbocycles. The fraction of sp³-hybridized carbons (Fsp3) is 1.00. The maximum absolute atomic E-state index is 3.53. The lowest BCUT2D eigenvalue weighted by molar-refractivity contribution is 0.133. The molecule has 3 atom stereocenters. The van der Waals surface area contributed by atoms with Gasteiger partial charge >= 0.3 is 0 Å². The topological polar surface area (TPSA) is 15.3 Å². The molecule has 3 unspecified atom stereocenters. The van der Waals surface area contributed by atoms with Gasteiger partial charge in [0.1, 0.15) is 0 Å². The Morgan fingerprint density at radius 2 is 2.13 bits per heavy atom. The Morgan fingerprint density at radius 3 is 2.80 bits per heavy atom. The molecule has 88 valence electrons. The molecule has 2 heterocycles. The fourth-order valence-corrected chi connectivity index (χ4v) is 3.20. The summed E-state index contributed by atoms with van der Waals surface area (Å²) in [6.45, 7) is 6.22. The van der Waals surface area contributed by atoms with E-state index in [9.17, 15) is 0 Å². The van der Waals surface area contributed by atoms with Crippen LogP contribution in [0.5, 0.6) is 0 Å². The normalized spacial score (nSPS) is 39.2. The van der Waals surface area contributed by atoms with Crippen LogP contribution >= 0.6 is 0 Å². The molecule has 0 aromatic carbocycles. The van der Waals surface area contributed by atoms with Crippen LogP contribution in [0.3, 0.4) is 0 Å². The van der Waals surface area contributed by atoms with Crippen molar-refractivity contribution in [2.24, 2.45) is 11.8 Å². The van der Waals surface area contributed by atoms with Crippen molar-refractivity contribution in [3.63, 3.8) is 0 Å². The Labute approximate surface area is 94.4 Å². The first-order chi connectivity index (χ1) is 7.25. The molecular formula is C13H26N2. The zero-order chi connectivity index (χ0) is 10.7. The molecule has 0 aromatic rings. The van der Waals surface area contributed by atoms with Gasteiger partial charge in [0.25, 0.3) is 0 Å². The van der Waals surface area contributed by atoms with Gasteiger partial charge in [0, 0.05) is 6.04 Å². The van der Waals surface area contributed by atoms with Gasteiger partial charge in [0.05, 0.1) is 0 Å². The van der Waals surface area contributed by atoms with E-state index in [0.717, 1.165) is 17.9 Å². The Kier molecular flexibility index (Phi) is 4.04. The summed E-state index contributed by atoms with van der Waals surface area (Å²) in [7, 11) is 2.27. The third-order valence-corrected chi connectivity index (χ3v) is 4.38. The van der Waals surface area contributed by atoms with Crippen molar-refractivity contribution in [1.82, 2.24) is 10.2 Å². The summed E-state index contributed by atoms with van der Waals surface area (Å²) in [6, 6.07) is 0.806. The molecular weight excluding hydrogens is 184 g/mol. The van der Waals surface area contributed by atoms with E-state index in [1.54, 1.807) is 0 Å². The Bertz CT molecular complexity index is 187. The maximum atomic E-state index is 3.53. The molecule has 0 amide bonds. The lowest BCUT2D eigenvalue weighted by atomic mass is 9.82. The Hall–Kier alpha value is -0.0800. The van der Waals surface area contributed by atoms with E-state index in [0.29, 0.717) is 0 Å². The molecule has 0 radical (unpaired) electrons. The first-order valence-electron chi connectivity index (χ1n) is 6.66. The van der Waals surface area contributed by atoms with E-state index in [4.69, 9.17) is 0 Å². The van der Waals surface area contributed by atoms with Gasteiger partial charge in [-0.3, -0.25) is 0 Å². The van der Waals surface area contributed by atoms with Crippen LogP contribution in [0.4, 0.5) is 0 Å². The van der Waals surface area contributed by atoms with Crippen molar-refractivity contribution >= 4 is 0 Å². The second kappa shape index (κ2) is 5.31. The molecule has 0 spiro atoms. The minimum Gasteiger partial charge on any atom is -0.316 e. The molecule has 2 rings (SSSR count). The molecule has 2 nitrogen and oxygen atoms in total. The highest BCUT2D eigenvalue weighted by molar-refractivity contribution is 4.80. The summed E-state index contributed by atoms with van der Waals surface area (Å²) in [6.07, 6.45) is 7.19. The monoisotopic (exact) mass is 210 g/mol. The fourth-order valence-electron chi connectivity index (χ4n) is 3.20. The molecule has 2 heteroatoms. The molecule has 2 fully saturated rings. The van der Waals surface area contributed by atoms with E-state index >= 15 is 0 Å². The summed E-state index contributed by atoms with van der Waals surface area (Å²) in [5, 5.41) is 3.53. The SMILES string of the molecule is CC1CC(CC2CCCNC2)CCN1C. The van der Waals surface area contributed by atoms with Crippen molar-refractivity contribution in [1.29, 1.82) is 0 Å². The van der Waals surface area contributed by atoms with Crippen molar-refractivity contribution < 1.29 is 0 Å². The standard InChI is InChI=1S/C13H26N2/c1-11-8-12(5-7-15(11)2)9-13-4-3-6-14-10-13/h11-14H,3-10H2,1-2H3. The number of rotatable bonds is 2. The summed E-state index contributed by atoms with van der Waals surface area (Å²) in [4.78, 5) is 2.51. The van der Waals surface area contributed by atoms with Gasteiger partial charge < -0.3 is 10.2 Å². The summed E-state index contributed by atoms with van der Waals surface area (Å²) in [5.41, 5.74) is 0. The number of hydrogen-bond acceptors (Lipinski definition) is 2. The summed E-state index contributed by atoms with van der Waals surface area (Å²) >= 11 is 0. The largest absolute Gasteiger partial charge is 0.316 e. The van der Waals surface area contributed by atoms with Gasteiger partial charge in [-0.25, -0.2) is 0 Å². The highest BCUT2D eigenvalue weighted by Gasteiger charge is 2.25. The maximum Gasteiger partial charge on any atom is 0.00665 e. The average Bonchev–Trinajstić information content (AvgIpc) is 2.25. The van der Waals surface area contributed by atoms with Crippen LogP contribution in [-0.4, -0.2) is 37.6 Å². The van der Waals surface area contributed by atoms with E-state index < -0.39 is 0 Å². The van der Waals surface area contributed by atoms with Gasteiger partial charge in [-0.2, -0.15) is 0 Å². The first-order valence-corrected chi connectivity index (χ1v) is 6.66. The Morgan fingerprint density at radius 1 is 1.27 bits per heavy atom. The zero-order valence-electron chi connectivity index (χ0n) is 10.3. The van der Waals surface area contributed by atoms with E-state index in [-0.39, 0.29) is 0 Å². The van der Waals surface area contributed by atoms with Crippen LogP contribution in [0.25, 0.3) is 0 Å². The highest BCUT2D eigenvalue weighted by atomic mass is 15.1. The van der Waals surface area contributed by atoms with Gasteiger partial charge in [-0.15, -0.1) is 0 Å². The lowest BCUT2D eigenvalue weighted by Crippen LogP contribution is -2.39. The number of nitrogens with zero attached hydrogens (tertiary/aromatic N) is 1. The van der Waals surface area contributed by atoms with Gasteiger partial charge in [-0.05, 0) is 77.5 Å². The van der Waals surface area contributed by atoms with Gasteiger partial charge in [0.2, 0.25) is 0 Å². The predicted molar refractivity (Wildman–Crippen MR) is 65.0 cm³/mol. The van der Waals surface area contributed by atoms with Crippen LogP contribution in [-0.2, 0) is 0 Å². The van der Waals surface area contributed by atoms with E-state index in [1.165, 1.54) is 51.7 Å². The minimum atomic E-state index is 0.806. The van der Waals surface area contributed by atoms with Crippen LogP contribution in [0.2, 0.25) is 0 Å². The van der Waals surface area contributed by atoms with Crippen molar-refractivity contribution in [3.05, 3.63) is 0 Å². The summed E-state index contributed by atoms with van der Waals surface area (Å²) < 4.78 is 0. The molecule has 2 saturated heterocycles. The van der Waals surface area contributed by atoms with Crippen molar-refractivity contribution in [3.8, 4) is 0 Å². The van der Waals surface area contributed by atoms with Crippen molar-refractivity contribution in [2.75, 3.05) is 26.7 Å². The number of piperidine rings is 2. The van der Waals surface area contributed by atoms with E-state index in [1.807, 2.05) is 0 Å². The molecule has 2 aliphatic heterocycles. The quantitative estimate of drug-likeness (QED) is 0.751. The second-order valence-electron chi connectivity index (χ2n) is 5.67. The summed E-state index contributed by atoms with van der Waals surface area (Å²) in [5.74, 6) is 1.97. The van der Waals surface area contributed by atoms with Gasteiger partial charge in [0.15, 0.2) is 0 Å². The highest BCUT2D eigenvalue weighted by Crippen LogP contribution is 2.29. The van der Waals surface area contributed by atoms with Gasteiger partial charge in [-0.1, -0.05) is 0 Å². The number of nitrogens with one attached hydrogen (secondary N) is 1. The zero-order valence-corrected chi connectivity index (χ0v) is 10.3. The number of likely N-dealkylation sites (tertiary alicyclic amines) is 1. The van der Waals surface area contributed by atoms with Crippen LogP contribution in [0.15, 0.2) is 0 Å². The second-order valence-corrected chi connectivity index (χ2v) is 5.67. The third-order valence-electron chi connectivity index (χ3n) is 4.38. The molecule has 0 saturated carbocycles. The van der Waals surface area contributed by atoms with Crippen molar-refractivity contribution in [2.45, 2.75) is 45.1 Å². The first kappa shape index (κ1) is 11.4. The molecule has 2 aliphatic rings. The third kappa shape index (κ3) is 3.18. The van der Waals surface area contributed by atoms with E-state index in [2.05, 4.69) is 24.2 Å². The van der Waals surface area contributed by atoms with Crippen LogP contribution in [0, 0.1) is 11.8 Å².